The summed E-state index contributed by atoms with van der Waals surface area (Å²) in [5, 5.41) is 7.40. The zero-order chi connectivity index (χ0) is 19.3. The highest BCUT2D eigenvalue weighted by Gasteiger charge is 2.63. The van der Waals surface area contributed by atoms with E-state index in [0.717, 1.165) is 30.5 Å². The molecule has 0 aliphatic heterocycles. The van der Waals surface area contributed by atoms with Gasteiger partial charge < -0.3 is 10.2 Å². The molecule has 1 aromatic carbocycles. The zero-order valence-electron chi connectivity index (χ0n) is 16.3. The van der Waals surface area contributed by atoms with Gasteiger partial charge in [0.25, 0.3) is 5.91 Å². The lowest BCUT2D eigenvalue weighted by atomic mass is 9.58. The maximum Gasteiger partial charge on any atom is 0.253 e. The summed E-state index contributed by atoms with van der Waals surface area (Å²) in [5.41, 5.74) is 3.30. The molecule has 3 atom stereocenters. The highest BCUT2D eigenvalue weighted by Crippen LogP contribution is 2.64. The Morgan fingerprint density at radius 2 is 2.07 bits per heavy atom. The van der Waals surface area contributed by atoms with Crippen molar-refractivity contribution in [2.75, 3.05) is 19.4 Å². The summed E-state index contributed by atoms with van der Waals surface area (Å²) < 4.78 is 1.91. The van der Waals surface area contributed by atoms with Crippen LogP contribution in [0.3, 0.4) is 0 Å². The summed E-state index contributed by atoms with van der Waals surface area (Å²) in [6.07, 6.45) is 4.99. The largest absolute Gasteiger partial charge is 0.345 e. The van der Waals surface area contributed by atoms with Gasteiger partial charge in [0, 0.05) is 49.7 Å². The van der Waals surface area contributed by atoms with Crippen molar-refractivity contribution in [2.45, 2.75) is 31.6 Å². The number of nitrogens with one attached hydrogen (secondary N) is 1. The molecule has 27 heavy (non-hydrogen) atoms. The van der Waals surface area contributed by atoms with Gasteiger partial charge in [0.2, 0.25) is 5.91 Å². The molecule has 3 saturated carbocycles. The SMILES string of the molecule is Cc1cc(NC(=O)[C@@H]2[C@@H]3CC[C@@]2(c2ccnn2C)C3)cc(C(=O)N(C)C)c1. The van der Waals surface area contributed by atoms with Gasteiger partial charge in [0.15, 0.2) is 0 Å². The second-order valence-electron chi connectivity index (χ2n) is 8.25. The van der Waals surface area contributed by atoms with Gasteiger partial charge in [-0.3, -0.25) is 14.3 Å². The lowest BCUT2D eigenvalue weighted by Crippen LogP contribution is -2.51. The predicted octanol–water partition coefficient (Wildman–Crippen LogP) is 2.74. The van der Waals surface area contributed by atoms with E-state index in [4.69, 9.17) is 0 Å². The molecule has 1 heterocycles. The van der Waals surface area contributed by atoms with Crippen molar-refractivity contribution in [2.24, 2.45) is 18.9 Å². The number of hydrogen-bond acceptors (Lipinski definition) is 3. The van der Waals surface area contributed by atoms with Gasteiger partial charge in [-0.25, -0.2) is 0 Å². The van der Waals surface area contributed by atoms with Gasteiger partial charge >= 0.3 is 0 Å². The monoisotopic (exact) mass is 366 g/mol. The molecule has 2 bridgehead atoms. The molecule has 5 rings (SSSR count). The number of hydrogen-bond donors (Lipinski definition) is 1. The molecule has 0 unspecified atom stereocenters. The standard InChI is InChI=1S/C21H26N4O2/c1-13-9-15(20(27)24(2)3)11-16(10-13)23-19(26)18-14-5-7-21(18,12-14)17-6-8-22-25(17)4/h6,8-11,14,18H,5,7,12H2,1-4H3,(H,23,26)/t14-,18+,21+/m1/s1. The average molecular weight is 366 g/mol. The Balaban J connectivity index is 1.58. The first-order valence-electron chi connectivity index (χ1n) is 9.44. The second-order valence-corrected chi connectivity index (χ2v) is 8.25. The van der Waals surface area contributed by atoms with Gasteiger partial charge in [-0.15, -0.1) is 0 Å². The first kappa shape index (κ1) is 17.8. The van der Waals surface area contributed by atoms with E-state index in [1.54, 1.807) is 25.1 Å². The summed E-state index contributed by atoms with van der Waals surface area (Å²) in [5.74, 6) is 0.400. The lowest BCUT2D eigenvalue weighted by Gasteiger charge is -2.46. The Morgan fingerprint density at radius 1 is 1.30 bits per heavy atom. The fourth-order valence-corrected chi connectivity index (χ4v) is 5.15. The van der Waals surface area contributed by atoms with Crippen LogP contribution in [0.2, 0.25) is 0 Å². The summed E-state index contributed by atoms with van der Waals surface area (Å²) in [6.45, 7) is 1.94. The van der Waals surface area contributed by atoms with Crippen LogP contribution < -0.4 is 5.32 Å². The van der Waals surface area contributed by atoms with Crippen molar-refractivity contribution >= 4 is 17.5 Å². The van der Waals surface area contributed by atoms with E-state index in [9.17, 15) is 9.59 Å². The second kappa shape index (κ2) is 6.22. The topological polar surface area (TPSA) is 67.2 Å². The molecular formula is C21H26N4O2. The highest BCUT2D eigenvalue weighted by molar-refractivity contribution is 5.98. The van der Waals surface area contributed by atoms with Crippen LogP contribution in [-0.4, -0.2) is 40.6 Å². The predicted molar refractivity (Wildman–Crippen MR) is 104 cm³/mol. The molecule has 0 radical (unpaired) electrons. The molecule has 3 aliphatic rings. The molecule has 6 heteroatoms. The quantitative estimate of drug-likeness (QED) is 0.905. The number of rotatable bonds is 4. The highest BCUT2D eigenvalue weighted by atomic mass is 16.2. The van der Waals surface area contributed by atoms with Gasteiger partial charge in [-0.05, 0) is 61.9 Å². The van der Waals surface area contributed by atoms with Crippen molar-refractivity contribution in [3.63, 3.8) is 0 Å². The molecule has 0 spiro atoms. The van der Waals surface area contributed by atoms with E-state index in [2.05, 4.69) is 10.4 Å². The van der Waals surface area contributed by atoms with Gasteiger partial charge in [-0.2, -0.15) is 5.10 Å². The Kier molecular flexibility index (Phi) is 4.09. The van der Waals surface area contributed by atoms with E-state index >= 15 is 0 Å². The van der Waals surface area contributed by atoms with E-state index in [1.807, 2.05) is 43.0 Å². The zero-order valence-corrected chi connectivity index (χ0v) is 16.3. The average Bonchev–Trinajstić information content (AvgIpc) is 3.27. The van der Waals surface area contributed by atoms with Crippen molar-refractivity contribution in [1.82, 2.24) is 14.7 Å². The van der Waals surface area contributed by atoms with Gasteiger partial charge in [-0.1, -0.05) is 0 Å². The van der Waals surface area contributed by atoms with Crippen LogP contribution in [-0.2, 0) is 17.3 Å². The number of aromatic nitrogens is 2. The molecule has 1 N–H and O–H groups in total. The third kappa shape index (κ3) is 2.74. The van der Waals surface area contributed by atoms with Crippen LogP contribution in [0.1, 0.15) is 40.9 Å². The molecule has 3 aliphatic carbocycles. The summed E-state index contributed by atoms with van der Waals surface area (Å²) in [6, 6.07) is 7.58. The summed E-state index contributed by atoms with van der Waals surface area (Å²) in [7, 11) is 5.41. The first-order valence-corrected chi connectivity index (χ1v) is 9.44. The van der Waals surface area contributed by atoms with E-state index < -0.39 is 0 Å². The normalized spacial score (nSPS) is 25.8. The fourth-order valence-electron chi connectivity index (χ4n) is 5.15. The van der Waals surface area contributed by atoms with Gasteiger partial charge in [0.05, 0.1) is 5.92 Å². The number of anilines is 1. The minimum Gasteiger partial charge on any atom is -0.345 e. The molecule has 142 valence electrons. The molecule has 6 nitrogen and oxygen atoms in total. The Labute approximate surface area is 159 Å². The van der Waals surface area contributed by atoms with Crippen LogP contribution in [0.5, 0.6) is 0 Å². The van der Waals surface area contributed by atoms with Crippen LogP contribution in [0.4, 0.5) is 5.69 Å². The van der Waals surface area contributed by atoms with Crippen molar-refractivity contribution in [1.29, 1.82) is 0 Å². The fraction of sp³-hybridized carbons (Fsp3) is 0.476. The Bertz CT molecular complexity index is 913. The van der Waals surface area contributed by atoms with Crippen molar-refractivity contribution in [3.8, 4) is 0 Å². The third-order valence-electron chi connectivity index (χ3n) is 6.27. The smallest absolute Gasteiger partial charge is 0.253 e. The molecule has 1 aromatic heterocycles. The number of fused-ring (bicyclic) bond motifs is 1. The van der Waals surface area contributed by atoms with E-state index in [0.29, 0.717) is 17.2 Å². The Morgan fingerprint density at radius 3 is 2.70 bits per heavy atom. The maximum atomic E-state index is 13.2. The molecule has 2 amide bonds. The number of benzene rings is 1. The number of carbonyl (C=O) groups excluding carboxylic acids is 2. The number of aryl methyl sites for hydroxylation is 2. The number of carbonyl (C=O) groups is 2. The minimum absolute atomic E-state index is 0.0265. The van der Waals surface area contributed by atoms with E-state index in [1.165, 1.54) is 0 Å². The minimum atomic E-state index is -0.0912. The van der Waals surface area contributed by atoms with Crippen molar-refractivity contribution in [3.05, 3.63) is 47.3 Å². The molecule has 3 fully saturated rings. The third-order valence-corrected chi connectivity index (χ3v) is 6.27. The van der Waals surface area contributed by atoms with Crippen LogP contribution in [0, 0.1) is 18.8 Å². The summed E-state index contributed by atoms with van der Waals surface area (Å²) >= 11 is 0. The molecular weight excluding hydrogens is 340 g/mol. The number of nitrogens with zero attached hydrogens (tertiary/aromatic N) is 3. The van der Waals surface area contributed by atoms with Crippen LogP contribution in [0.15, 0.2) is 30.5 Å². The summed E-state index contributed by atoms with van der Waals surface area (Å²) in [4.78, 5) is 27.0. The first-order chi connectivity index (χ1) is 12.8. The lowest BCUT2D eigenvalue weighted by molar-refractivity contribution is -0.127. The van der Waals surface area contributed by atoms with Crippen molar-refractivity contribution < 1.29 is 9.59 Å². The van der Waals surface area contributed by atoms with Crippen LogP contribution in [0.25, 0.3) is 0 Å². The van der Waals surface area contributed by atoms with E-state index in [-0.39, 0.29) is 23.1 Å². The van der Waals surface area contributed by atoms with Crippen LogP contribution >= 0.6 is 0 Å². The molecule has 0 saturated heterocycles. The number of amides is 2. The van der Waals surface area contributed by atoms with Gasteiger partial charge in [0.1, 0.15) is 0 Å². The maximum absolute atomic E-state index is 13.2. The Hall–Kier alpha value is -2.63. The molecule has 2 aromatic rings.